The number of hydrogen-bond acceptors (Lipinski definition) is 18. The molecule has 2 aliphatic rings. The molecule has 0 aromatic carbocycles. The average Bonchev–Trinajstić information content (AvgIpc) is 2.90. The molecule has 0 aromatic rings. The minimum atomic E-state index is -1.61. The number of carbonyl (C=O) groups excluding carboxylic acids is 7. The number of methoxy groups -OCH3 is 1. The minimum Gasteiger partial charge on any atom is -0.463 e. The molecule has 0 unspecified atom stereocenters. The van der Waals surface area contributed by atoms with Crippen molar-refractivity contribution in [3.8, 4) is 0 Å². The Morgan fingerprint density at radius 2 is 0.778 bits per heavy atom. The van der Waals surface area contributed by atoms with Gasteiger partial charge in [-0.05, 0) is 0 Å². The minimum absolute atomic E-state index is 0.502. The Morgan fingerprint density at radius 3 is 1.16 bits per heavy atom. The van der Waals surface area contributed by atoms with E-state index in [9.17, 15) is 33.6 Å². The summed E-state index contributed by atoms with van der Waals surface area (Å²) in [5, 5.41) is 0. The van der Waals surface area contributed by atoms with E-state index in [1.165, 1.54) is 7.11 Å². The van der Waals surface area contributed by atoms with E-state index in [2.05, 4.69) is 0 Å². The third kappa shape index (κ3) is 11.2. The van der Waals surface area contributed by atoms with E-state index in [0.717, 1.165) is 48.5 Å². The molecule has 2 fully saturated rings. The van der Waals surface area contributed by atoms with Gasteiger partial charge in [-0.3, -0.25) is 33.6 Å². The standard InChI is InChI=1S/C27H38O18/c1-11(28)36-9-18-20(38-12(2)29)23(41-15(5)32)25(43-17(7)34)27(45-18)37-10-19-21(39-13(3)30)22(40-14(4)31)24(42-16(6)33)26(35-8)44-19/h18-27H,9-10H2,1-8H3/t18-,19-,20-,21-,22+,23+,24+,25+,26+,27+/m1/s1. The molecule has 0 saturated carbocycles. The summed E-state index contributed by atoms with van der Waals surface area (Å²) in [6.07, 6.45) is -14.3. The van der Waals surface area contributed by atoms with Crippen LogP contribution in [0.2, 0.25) is 0 Å². The average molecular weight is 651 g/mol. The lowest BCUT2D eigenvalue weighted by molar-refractivity contribution is -0.332. The summed E-state index contributed by atoms with van der Waals surface area (Å²) >= 11 is 0. The summed E-state index contributed by atoms with van der Waals surface area (Å²) in [5.41, 5.74) is 0. The smallest absolute Gasteiger partial charge is 0.303 e. The Hall–Kier alpha value is -3.87. The molecule has 10 atom stereocenters. The van der Waals surface area contributed by atoms with Crippen molar-refractivity contribution in [2.24, 2.45) is 0 Å². The molecular formula is C27H38O18. The molecule has 18 nitrogen and oxygen atoms in total. The first kappa shape index (κ1) is 37.3. The van der Waals surface area contributed by atoms with Crippen LogP contribution in [0.1, 0.15) is 48.5 Å². The molecule has 0 spiro atoms. The van der Waals surface area contributed by atoms with Crippen LogP contribution >= 0.6 is 0 Å². The summed E-state index contributed by atoms with van der Waals surface area (Å²) < 4.78 is 60.1. The van der Waals surface area contributed by atoms with Crippen molar-refractivity contribution in [1.82, 2.24) is 0 Å². The van der Waals surface area contributed by atoms with Crippen LogP contribution in [0, 0.1) is 0 Å². The maximum Gasteiger partial charge on any atom is 0.303 e. The number of hydrogen-bond donors (Lipinski definition) is 0. The van der Waals surface area contributed by atoms with Gasteiger partial charge in [-0.25, -0.2) is 0 Å². The summed E-state index contributed by atoms with van der Waals surface area (Å²) in [4.78, 5) is 83.6. The monoisotopic (exact) mass is 650 g/mol. The van der Waals surface area contributed by atoms with Crippen LogP contribution < -0.4 is 0 Å². The molecule has 0 aromatic heterocycles. The molecule has 254 valence electrons. The summed E-state index contributed by atoms with van der Waals surface area (Å²) in [6, 6.07) is 0. The second-order valence-corrected chi connectivity index (χ2v) is 9.90. The highest BCUT2D eigenvalue weighted by molar-refractivity contribution is 5.69. The van der Waals surface area contributed by atoms with Gasteiger partial charge in [0.25, 0.3) is 0 Å². The molecule has 2 aliphatic heterocycles. The van der Waals surface area contributed by atoms with Gasteiger partial charge in [-0.15, -0.1) is 0 Å². The third-order valence-corrected chi connectivity index (χ3v) is 6.10. The van der Waals surface area contributed by atoms with E-state index in [0.29, 0.717) is 0 Å². The highest BCUT2D eigenvalue weighted by Gasteiger charge is 2.55. The Balaban J connectivity index is 2.51. The van der Waals surface area contributed by atoms with Gasteiger partial charge in [0.1, 0.15) is 18.8 Å². The van der Waals surface area contributed by atoms with Crippen LogP contribution in [0.5, 0.6) is 0 Å². The largest absolute Gasteiger partial charge is 0.463 e. The van der Waals surface area contributed by atoms with Crippen LogP contribution in [0.15, 0.2) is 0 Å². The Labute approximate surface area is 258 Å². The van der Waals surface area contributed by atoms with Crippen molar-refractivity contribution in [3.05, 3.63) is 0 Å². The fraction of sp³-hybridized carbons (Fsp3) is 0.741. The summed E-state index contributed by atoms with van der Waals surface area (Å²) in [7, 11) is 1.22. The Bertz CT molecular complexity index is 1110. The first-order valence-corrected chi connectivity index (χ1v) is 13.7. The lowest BCUT2D eigenvalue weighted by Crippen LogP contribution is -2.65. The molecule has 0 N–H and O–H groups in total. The molecule has 2 heterocycles. The lowest BCUT2D eigenvalue weighted by atomic mass is 9.97. The summed E-state index contributed by atoms with van der Waals surface area (Å²) in [6.45, 7) is 6.49. The zero-order valence-corrected chi connectivity index (χ0v) is 26.0. The number of ether oxygens (including phenoxy) is 11. The first-order chi connectivity index (χ1) is 21.0. The maximum atomic E-state index is 12.1. The van der Waals surface area contributed by atoms with Crippen molar-refractivity contribution < 1.29 is 85.7 Å². The maximum absolute atomic E-state index is 12.1. The van der Waals surface area contributed by atoms with Gasteiger partial charge in [0.15, 0.2) is 49.2 Å². The second kappa shape index (κ2) is 17.0. The molecule has 0 aliphatic carbocycles. The van der Waals surface area contributed by atoms with E-state index in [1.54, 1.807) is 0 Å². The van der Waals surface area contributed by atoms with Crippen LogP contribution in [0.4, 0.5) is 0 Å². The summed E-state index contributed by atoms with van der Waals surface area (Å²) in [5.74, 6) is -5.67. The SMILES string of the molecule is CO[C@H]1O[C@H](CO[C@H]2O[C@H](COC(C)=O)[C@@H](OC(C)=O)[C@H](OC(C)=O)[C@@H]2OC(C)=O)[C@@H](OC(C)=O)[C@H](OC(C)=O)[C@@H]1OC(C)=O. The Morgan fingerprint density at radius 1 is 0.444 bits per heavy atom. The number of esters is 7. The molecule has 2 rings (SSSR count). The van der Waals surface area contributed by atoms with Crippen molar-refractivity contribution in [2.45, 2.75) is 110 Å². The van der Waals surface area contributed by atoms with Crippen molar-refractivity contribution in [3.63, 3.8) is 0 Å². The fourth-order valence-electron chi connectivity index (χ4n) is 4.69. The van der Waals surface area contributed by atoms with Crippen molar-refractivity contribution >= 4 is 41.8 Å². The highest BCUT2D eigenvalue weighted by Crippen LogP contribution is 2.33. The number of carbonyl (C=O) groups is 7. The number of rotatable bonds is 12. The molecule has 18 heteroatoms. The third-order valence-electron chi connectivity index (χ3n) is 6.10. The lowest BCUT2D eigenvalue weighted by Gasteiger charge is -2.46. The normalized spacial score (nSPS) is 31.0. The quantitative estimate of drug-likeness (QED) is 0.187. The van der Waals surface area contributed by atoms with Gasteiger partial charge < -0.3 is 52.1 Å². The van der Waals surface area contributed by atoms with E-state index in [-0.39, 0.29) is 0 Å². The van der Waals surface area contributed by atoms with Crippen molar-refractivity contribution in [1.29, 1.82) is 0 Å². The fourth-order valence-corrected chi connectivity index (χ4v) is 4.69. The predicted molar refractivity (Wildman–Crippen MR) is 140 cm³/mol. The van der Waals surface area contributed by atoms with Gasteiger partial charge in [-0.2, -0.15) is 0 Å². The molecule has 0 bridgehead atoms. The Kier molecular flexibility index (Phi) is 14.1. The molecule has 0 radical (unpaired) electrons. The zero-order chi connectivity index (χ0) is 34.0. The van der Waals surface area contributed by atoms with E-state index < -0.39 is 116 Å². The molecule has 2 saturated heterocycles. The van der Waals surface area contributed by atoms with Crippen molar-refractivity contribution in [2.75, 3.05) is 20.3 Å². The van der Waals surface area contributed by atoms with E-state index in [1.807, 2.05) is 0 Å². The topological polar surface area (TPSA) is 221 Å². The second-order valence-electron chi connectivity index (χ2n) is 9.90. The van der Waals surface area contributed by atoms with Gasteiger partial charge in [0.05, 0.1) is 6.61 Å². The van der Waals surface area contributed by atoms with Crippen LogP contribution in [0.25, 0.3) is 0 Å². The van der Waals surface area contributed by atoms with Gasteiger partial charge in [0.2, 0.25) is 0 Å². The van der Waals surface area contributed by atoms with E-state index >= 15 is 0 Å². The van der Waals surface area contributed by atoms with Gasteiger partial charge in [0, 0.05) is 55.6 Å². The zero-order valence-electron chi connectivity index (χ0n) is 26.0. The first-order valence-electron chi connectivity index (χ1n) is 13.7. The highest BCUT2D eigenvalue weighted by atomic mass is 16.8. The van der Waals surface area contributed by atoms with Gasteiger partial charge in [-0.1, -0.05) is 0 Å². The van der Waals surface area contributed by atoms with Crippen LogP contribution in [-0.2, 0) is 85.7 Å². The molecule has 45 heavy (non-hydrogen) atoms. The van der Waals surface area contributed by atoms with Gasteiger partial charge >= 0.3 is 41.8 Å². The molecular weight excluding hydrogens is 612 g/mol. The van der Waals surface area contributed by atoms with Crippen LogP contribution in [-0.4, -0.2) is 124 Å². The molecule has 0 amide bonds. The van der Waals surface area contributed by atoms with E-state index in [4.69, 9.17) is 52.1 Å². The van der Waals surface area contributed by atoms with Crippen LogP contribution in [0.3, 0.4) is 0 Å². The predicted octanol–water partition coefficient (Wildman–Crippen LogP) is -0.747.